The first-order valence-corrected chi connectivity index (χ1v) is 5.92. The van der Waals surface area contributed by atoms with Gasteiger partial charge in [0.2, 0.25) is 0 Å². The van der Waals surface area contributed by atoms with Gasteiger partial charge in [0.05, 0.1) is 23.7 Å². The molecule has 2 rings (SSSR count). The molecule has 0 aliphatic carbocycles. The van der Waals surface area contributed by atoms with E-state index in [1.54, 1.807) is 29.3 Å². The van der Waals surface area contributed by atoms with Gasteiger partial charge in [0.1, 0.15) is 6.61 Å². The molecule has 0 radical (unpaired) electrons. The quantitative estimate of drug-likeness (QED) is 0.892. The summed E-state index contributed by atoms with van der Waals surface area (Å²) in [4.78, 5) is 15.0. The van der Waals surface area contributed by atoms with Crippen molar-refractivity contribution in [1.29, 1.82) is 0 Å². The predicted molar refractivity (Wildman–Crippen MR) is 68.1 cm³/mol. The molecule has 0 aliphatic rings. The molecule has 0 bridgehead atoms. The average Bonchev–Trinajstić information content (AvgIpc) is 2.85. The summed E-state index contributed by atoms with van der Waals surface area (Å²) in [6, 6.07) is 3.34. The Morgan fingerprint density at radius 3 is 2.95 bits per heavy atom. The van der Waals surface area contributed by atoms with Crippen molar-refractivity contribution < 1.29 is 14.6 Å². The van der Waals surface area contributed by atoms with Crippen LogP contribution in [-0.2, 0) is 6.61 Å². The highest BCUT2D eigenvalue weighted by atomic mass is 16.5. The first kappa shape index (κ1) is 13.1. The zero-order valence-corrected chi connectivity index (χ0v) is 10.8. The van der Waals surface area contributed by atoms with Crippen LogP contribution in [0.3, 0.4) is 0 Å². The zero-order chi connectivity index (χ0) is 13.8. The third-order valence-electron chi connectivity index (χ3n) is 2.60. The molecule has 0 amide bonds. The fourth-order valence-corrected chi connectivity index (χ4v) is 1.58. The topological polar surface area (TPSA) is 77.2 Å². The van der Waals surface area contributed by atoms with Crippen molar-refractivity contribution in [1.82, 2.24) is 14.8 Å². The summed E-state index contributed by atoms with van der Waals surface area (Å²) in [5.41, 5.74) is 0.547. The van der Waals surface area contributed by atoms with Crippen molar-refractivity contribution >= 4 is 5.97 Å². The highest BCUT2D eigenvalue weighted by Crippen LogP contribution is 2.15. The summed E-state index contributed by atoms with van der Waals surface area (Å²) in [5, 5.41) is 13.2. The third kappa shape index (κ3) is 3.09. The van der Waals surface area contributed by atoms with Crippen molar-refractivity contribution in [3.05, 3.63) is 42.0 Å². The van der Waals surface area contributed by atoms with E-state index in [1.807, 2.05) is 13.8 Å². The zero-order valence-electron chi connectivity index (χ0n) is 10.8. The van der Waals surface area contributed by atoms with Crippen LogP contribution in [-0.4, -0.2) is 25.8 Å². The van der Waals surface area contributed by atoms with Crippen LogP contribution in [0.25, 0.3) is 0 Å². The van der Waals surface area contributed by atoms with Crippen molar-refractivity contribution in [2.24, 2.45) is 0 Å². The number of pyridine rings is 1. The van der Waals surface area contributed by atoms with E-state index in [1.165, 1.54) is 6.07 Å². The molecule has 6 nitrogen and oxygen atoms in total. The van der Waals surface area contributed by atoms with Gasteiger partial charge in [0.25, 0.3) is 0 Å². The van der Waals surface area contributed by atoms with Gasteiger partial charge in [-0.3, -0.25) is 9.67 Å². The average molecular weight is 261 g/mol. The Hall–Kier alpha value is -2.37. The molecule has 0 unspecified atom stereocenters. The van der Waals surface area contributed by atoms with E-state index < -0.39 is 5.97 Å². The van der Waals surface area contributed by atoms with Gasteiger partial charge in [0, 0.05) is 12.2 Å². The Bertz CT molecular complexity index is 578. The van der Waals surface area contributed by atoms with Gasteiger partial charge in [-0.2, -0.15) is 5.10 Å². The van der Waals surface area contributed by atoms with Crippen LogP contribution >= 0.6 is 0 Å². The summed E-state index contributed by atoms with van der Waals surface area (Å²) in [7, 11) is 0. The monoisotopic (exact) mass is 261 g/mol. The standard InChI is InChI=1S/C13H15N3O3/c1-9(2)16-7-10(6-15-16)19-8-12-11(13(17)18)4-3-5-14-12/h3-7,9H,8H2,1-2H3,(H,17,18). The maximum absolute atomic E-state index is 11.0. The Labute approximate surface area is 110 Å². The number of carbonyl (C=O) groups is 1. The van der Waals surface area contributed by atoms with E-state index in [4.69, 9.17) is 9.84 Å². The molecule has 6 heteroatoms. The van der Waals surface area contributed by atoms with Gasteiger partial charge in [-0.05, 0) is 26.0 Å². The summed E-state index contributed by atoms with van der Waals surface area (Å²) >= 11 is 0. The Kier molecular flexibility index (Phi) is 3.79. The Morgan fingerprint density at radius 1 is 1.53 bits per heavy atom. The van der Waals surface area contributed by atoms with Crippen LogP contribution in [0.4, 0.5) is 0 Å². The van der Waals surface area contributed by atoms with Crippen LogP contribution < -0.4 is 4.74 Å². The van der Waals surface area contributed by atoms with Gasteiger partial charge in [-0.1, -0.05) is 0 Å². The number of hydrogen-bond acceptors (Lipinski definition) is 4. The molecule has 0 aromatic carbocycles. The fraction of sp³-hybridized carbons (Fsp3) is 0.308. The van der Waals surface area contributed by atoms with Crippen LogP contribution in [0.1, 0.15) is 35.9 Å². The summed E-state index contributed by atoms with van der Waals surface area (Å²) in [6.07, 6.45) is 4.92. The summed E-state index contributed by atoms with van der Waals surface area (Å²) in [5.74, 6) is -0.416. The lowest BCUT2D eigenvalue weighted by molar-refractivity contribution is 0.0693. The molecule has 0 fully saturated rings. The number of nitrogens with zero attached hydrogens (tertiary/aromatic N) is 3. The van der Waals surface area contributed by atoms with E-state index in [9.17, 15) is 4.79 Å². The molecule has 19 heavy (non-hydrogen) atoms. The third-order valence-corrected chi connectivity index (χ3v) is 2.60. The van der Waals surface area contributed by atoms with Crippen molar-refractivity contribution in [2.45, 2.75) is 26.5 Å². The van der Waals surface area contributed by atoms with Crippen molar-refractivity contribution in [3.8, 4) is 5.75 Å². The molecule has 0 atom stereocenters. The second-order valence-electron chi connectivity index (χ2n) is 4.34. The van der Waals surface area contributed by atoms with E-state index in [-0.39, 0.29) is 18.2 Å². The SMILES string of the molecule is CC(C)n1cc(OCc2ncccc2C(=O)O)cn1. The number of aromatic carboxylic acids is 1. The van der Waals surface area contributed by atoms with Crippen LogP contribution in [0.15, 0.2) is 30.7 Å². The highest BCUT2D eigenvalue weighted by molar-refractivity contribution is 5.88. The second-order valence-corrected chi connectivity index (χ2v) is 4.34. The molecule has 1 N–H and O–H groups in total. The largest absolute Gasteiger partial charge is 0.484 e. The minimum Gasteiger partial charge on any atom is -0.484 e. The molecule has 100 valence electrons. The van der Waals surface area contributed by atoms with Gasteiger partial charge in [-0.15, -0.1) is 0 Å². The highest BCUT2D eigenvalue weighted by Gasteiger charge is 2.11. The Balaban J connectivity index is 2.08. The molecule has 2 aromatic rings. The number of ether oxygens (including phenoxy) is 1. The van der Waals surface area contributed by atoms with E-state index in [2.05, 4.69) is 10.1 Å². The number of carboxylic acid groups (broad SMARTS) is 1. The van der Waals surface area contributed by atoms with Crippen molar-refractivity contribution in [2.75, 3.05) is 0 Å². The first-order valence-electron chi connectivity index (χ1n) is 5.92. The summed E-state index contributed by atoms with van der Waals surface area (Å²) < 4.78 is 7.27. The van der Waals surface area contributed by atoms with Gasteiger partial charge in [0.15, 0.2) is 5.75 Å². The number of aromatic nitrogens is 3. The minimum atomic E-state index is -1.01. The van der Waals surface area contributed by atoms with E-state index >= 15 is 0 Å². The first-order chi connectivity index (χ1) is 9.08. The fourth-order valence-electron chi connectivity index (χ4n) is 1.58. The van der Waals surface area contributed by atoms with Crippen LogP contribution in [0.2, 0.25) is 0 Å². The van der Waals surface area contributed by atoms with Gasteiger partial charge >= 0.3 is 5.97 Å². The lowest BCUT2D eigenvalue weighted by Gasteiger charge is -2.06. The maximum Gasteiger partial charge on any atom is 0.337 e. The second kappa shape index (κ2) is 5.51. The molecule has 2 aromatic heterocycles. The van der Waals surface area contributed by atoms with Crippen LogP contribution in [0.5, 0.6) is 5.75 Å². The van der Waals surface area contributed by atoms with Gasteiger partial charge in [-0.25, -0.2) is 4.79 Å². The molecule has 0 spiro atoms. The normalized spacial score (nSPS) is 10.7. The smallest absolute Gasteiger partial charge is 0.337 e. The molecule has 0 saturated heterocycles. The molecule has 0 saturated carbocycles. The molecular weight excluding hydrogens is 246 g/mol. The van der Waals surface area contributed by atoms with Crippen LogP contribution in [0, 0.1) is 0 Å². The molecule has 2 heterocycles. The number of carboxylic acids is 1. The van der Waals surface area contributed by atoms with E-state index in [0.29, 0.717) is 11.4 Å². The van der Waals surface area contributed by atoms with Gasteiger partial charge < -0.3 is 9.84 Å². The number of rotatable bonds is 5. The maximum atomic E-state index is 11.0. The predicted octanol–water partition coefficient (Wildman–Crippen LogP) is 2.14. The lowest BCUT2D eigenvalue weighted by Crippen LogP contribution is -2.07. The molecule has 0 aliphatic heterocycles. The minimum absolute atomic E-state index is 0.103. The molecular formula is C13H15N3O3. The lowest BCUT2D eigenvalue weighted by atomic mass is 10.2. The Morgan fingerprint density at radius 2 is 2.32 bits per heavy atom. The number of hydrogen-bond donors (Lipinski definition) is 1. The van der Waals surface area contributed by atoms with E-state index in [0.717, 1.165) is 0 Å². The summed E-state index contributed by atoms with van der Waals surface area (Å²) in [6.45, 7) is 4.13. The van der Waals surface area contributed by atoms with Crippen molar-refractivity contribution in [3.63, 3.8) is 0 Å².